The number of hydrogen-bond donors (Lipinski definition) is 5. The maximum absolute atomic E-state index is 11.3. The van der Waals surface area contributed by atoms with Crippen LogP contribution in [-0.4, -0.2) is 37.7 Å². The molecule has 2 aromatic rings. The standard InChI is InChI=1S/C10H12N2O2.C9H11N3O.2ClH/c1-6-7(9(11)12)4-3-5-8(6)10(13)14-2;1-12-9(13)7-4-2-3-6(5-7)8(10)11;;/h3-5H,1-2H3,(H3,11,12);2-5H,1H3,(H3,10,11)(H,12,13);2*1H. The summed E-state index contributed by atoms with van der Waals surface area (Å²) in [4.78, 5) is 22.4. The number of benzene rings is 2. The van der Waals surface area contributed by atoms with Gasteiger partial charge in [-0.3, -0.25) is 15.6 Å². The van der Waals surface area contributed by atoms with E-state index in [0.717, 1.165) is 0 Å². The molecule has 0 spiro atoms. The summed E-state index contributed by atoms with van der Waals surface area (Å²) >= 11 is 0. The van der Waals surface area contributed by atoms with Gasteiger partial charge in [-0.15, -0.1) is 24.8 Å². The smallest absolute Gasteiger partial charge is 0.338 e. The molecule has 0 unspecified atom stereocenters. The predicted molar refractivity (Wildman–Crippen MR) is 119 cm³/mol. The van der Waals surface area contributed by atoms with Gasteiger partial charge in [-0.2, -0.15) is 0 Å². The highest BCUT2D eigenvalue weighted by molar-refractivity contribution is 6.01. The van der Waals surface area contributed by atoms with Crippen molar-refractivity contribution in [2.24, 2.45) is 11.5 Å². The van der Waals surface area contributed by atoms with Crippen LogP contribution in [0.25, 0.3) is 0 Å². The van der Waals surface area contributed by atoms with Crippen LogP contribution < -0.4 is 16.8 Å². The van der Waals surface area contributed by atoms with E-state index in [9.17, 15) is 9.59 Å². The maximum atomic E-state index is 11.3. The van der Waals surface area contributed by atoms with Crippen LogP contribution in [0.5, 0.6) is 0 Å². The molecule has 0 atom stereocenters. The van der Waals surface area contributed by atoms with E-state index in [-0.39, 0.29) is 42.4 Å². The highest BCUT2D eigenvalue weighted by Crippen LogP contribution is 2.14. The summed E-state index contributed by atoms with van der Waals surface area (Å²) in [7, 11) is 2.88. The monoisotopic (exact) mass is 441 g/mol. The Morgan fingerprint density at radius 3 is 1.93 bits per heavy atom. The van der Waals surface area contributed by atoms with Gasteiger partial charge in [-0.1, -0.05) is 24.3 Å². The third kappa shape index (κ3) is 7.81. The molecular weight excluding hydrogens is 417 g/mol. The van der Waals surface area contributed by atoms with Crippen LogP contribution in [0.2, 0.25) is 0 Å². The molecule has 0 saturated carbocycles. The summed E-state index contributed by atoms with van der Waals surface area (Å²) < 4.78 is 4.60. The van der Waals surface area contributed by atoms with Gasteiger partial charge in [0, 0.05) is 23.7 Å². The lowest BCUT2D eigenvalue weighted by atomic mass is 10.0. The van der Waals surface area contributed by atoms with Crippen molar-refractivity contribution in [3.8, 4) is 0 Å². The molecule has 10 heteroatoms. The number of esters is 1. The summed E-state index contributed by atoms with van der Waals surface area (Å²) in [6.45, 7) is 1.74. The number of halogens is 2. The fourth-order valence-electron chi connectivity index (χ4n) is 2.23. The van der Waals surface area contributed by atoms with E-state index in [1.165, 1.54) is 7.11 Å². The second-order valence-corrected chi connectivity index (χ2v) is 5.46. The highest BCUT2D eigenvalue weighted by Gasteiger charge is 2.12. The number of amides is 1. The molecule has 0 aliphatic heterocycles. The topological polar surface area (TPSA) is 155 Å². The Morgan fingerprint density at radius 2 is 1.45 bits per heavy atom. The minimum Gasteiger partial charge on any atom is -0.465 e. The molecule has 0 aliphatic rings. The Morgan fingerprint density at radius 1 is 0.931 bits per heavy atom. The summed E-state index contributed by atoms with van der Waals surface area (Å²) in [6.07, 6.45) is 0. The van der Waals surface area contributed by atoms with Crippen LogP contribution in [0.3, 0.4) is 0 Å². The Hall–Kier alpha value is -3.10. The van der Waals surface area contributed by atoms with Crippen molar-refractivity contribution < 1.29 is 14.3 Å². The number of nitrogens with two attached hydrogens (primary N) is 2. The van der Waals surface area contributed by atoms with Gasteiger partial charge in [0.1, 0.15) is 11.7 Å². The van der Waals surface area contributed by atoms with Crippen molar-refractivity contribution in [1.82, 2.24) is 5.32 Å². The SMILES string of the molecule is CNC(=O)c1cccc(C(=N)N)c1.COC(=O)c1cccc(C(=N)N)c1C.Cl.Cl. The van der Waals surface area contributed by atoms with Gasteiger partial charge in [-0.05, 0) is 30.7 Å². The third-order valence-corrected chi connectivity index (χ3v) is 3.69. The maximum Gasteiger partial charge on any atom is 0.338 e. The fraction of sp³-hybridized carbons (Fsp3) is 0.158. The number of methoxy groups -OCH3 is 1. The van der Waals surface area contributed by atoms with E-state index in [1.54, 1.807) is 56.4 Å². The summed E-state index contributed by atoms with van der Waals surface area (Å²) in [5, 5.41) is 17.0. The lowest BCUT2D eigenvalue weighted by Crippen LogP contribution is -2.19. The molecule has 0 bridgehead atoms. The molecule has 0 aromatic heterocycles. The lowest BCUT2D eigenvalue weighted by molar-refractivity contribution is 0.0599. The van der Waals surface area contributed by atoms with E-state index in [2.05, 4.69) is 10.1 Å². The summed E-state index contributed by atoms with van der Waals surface area (Å²) in [5.74, 6) is -0.673. The van der Waals surface area contributed by atoms with Gasteiger partial charge < -0.3 is 21.5 Å². The van der Waals surface area contributed by atoms with Gasteiger partial charge in [0.25, 0.3) is 5.91 Å². The van der Waals surface area contributed by atoms with Gasteiger partial charge >= 0.3 is 5.97 Å². The number of hydrogen-bond acceptors (Lipinski definition) is 5. The van der Waals surface area contributed by atoms with Crippen LogP contribution in [0, 0.1) is 17.7 Å². The average Bonchev–Trinajstić information content (AvgIpc) is 2.67. The minimum atomic E-state index is -0.411. The second kappa shape index (κ2) is 13.1. The lowest BCUT2D eigenvalue weighted by Gasteiger charge is -2.07. The predicted octanol–water partition coefficient (Wildman–Crippen LogP) is 2.24. The Labute approximate surface area is 181 Å². The summed E-state index contributed by atoms with van der Waals surface area (Å²) in [5.41, 5.74) is 13.4. The molecule has 0 radical (unpaired) electrons. The molecule has 2 rings (SSSR count). The average molecular weight is 442 g/mol. The Kier molecular flexibility index (Phi) is 12.7. The summed E-state index contributed by atoms with van der Waals surface area (Å²) in [6, 6.07) is 11.7. The second-order valence-electron chi connectivity index (χ2n) is 5.46. The zero-order valence-corrected chi connectivity index (χ0v) is 17.9. The number of carbonyl (C=O) groups excluding carboxylic acids is 2. The number of ether oxygens (including phenoxy) is 1. The number of carbonyl (C=O) groups is 2. The van der Waals surface area contributed by atoms with Crippen LogP contribution in [0.1, 0.15) is 37.4 Å². The normalized spacial score (nSPS) is 8.79. The van der Waals surface area contributed by atoms with Crippen molar-refractivity contribution in [3.63, 3.8) is 0 Å². The van der Waals surface area contributed by atoms with E-state index in [1.807, 2.05) is 0 Å². The van der Waals surface area contributed by atoms with Crippen molar-refractivity contribution in [3.05, 3.63) is 70.3 Å². The largest absolute Gasteiger partial charge is 0.465 e. The first-order chi connectivity index (χ1) is 12.7. The zero-order valence-electron chi connectivity index (χ0n) is 16.2. The van der Waals surface area contributed by atoms with Crippen LogP contribution >= 0.6 is 24.8 Å². The van der Waals surface area contributed by atoms with E-state index < -0.39 is 5.97 Å². The molecule has 158 valence electrons. The molecule has 0 fully saturated rings. The Bertz CT molecular complexity index is 888. The Balaban J connectivity index is 0. The number of nitrogen functional groups attached to an aromatic ring is 2. The van der Waals surface area contributed by atoms with Gasteiger partial charge in [0.2, 0.25) is 0 Å². The molecule has 1 amide bonds. The molecular formula is C19H25Cl2N5O3. The first-order valence-corrected chi connectivity index (χ1v) is 7.91. The highest BCUT2D eigenvalue weighted by atomic mass is 35.5. The van der Waals surface area contributed by atoms with Crippen molar-refractivity contribution in [1.29, 1.82) is 10.8 Å². The van der Waals surface area contributed by atoms with Crippen molar-refractivity contribution in [2.75, 3.05) is 14.2 Å². The number of amidine groups is 2. The van der Waals surface area contributed by atoms with Gasteiger partial charge in [0.15, 0.2) is 0 Å². The number of nitrogens with one attached hydrogen (secondary N) is 3. The molecule has 0 heterocycles. The molecule has 0 saturated heterocycles. The van der Waals surface area contributed by atoms with Gasteiger partial charge in [-0.25, -0.2) is 4.79 Å². The van der Waals surface area contributed by atoms with Gasteiger partial charge in [0.05, 0.1) is 12.7 Å². The molecule has 8 nitrogen and oxygen atoms in total. The molecule has 0 aliphatic carbocycles. The van der Waals surface area contributed by atoms with Crippen LogP contribution in [0.4, 0.5) is 0 Å². The van der Waals surface area contributed by atoms with E-state index >= 15 is 0 Å². The molecule has 2 aromatic carbocycles. The van der Waals surface area contributed by atoms with E-state index in [4.69, 9.17) is 22.3 Å². The molecule has 7 N–H and O–H groups in total. The first kappa shape index (κ1) is 28.1. The fourth-order valence-corrected chi connectivity index (χ4v) is 2.23. The first-order valence-electron chi connectivity index (χ1n) is 7.91. The van der Waals surface area contributed by atoms with Crippen LogP contribution in [0.15, 0.2) is 42.5 Å². The third-order valence-electron chi connectivity index (χ3n) is 3.69. The quantitative estimate of drug-likeness (QED) is 0.279. The van der Waals surface area contributed by atoms with E-state index in [0.29, 0.717) is 27.8 Å². The van der Waals surface area contributed by atoms with Crippen LogP contribution in [-0.2, 0) is 4.74 Å². The van der Waals surface area contributed by atoms with Crippen molar-refractivity contribution in [2.45, 2.75) is 6.92 Å². The zero-order chi connectivity index (χ0) is 20.6. The minimum absolute atomic E-state index is 0. The molecule has 29 heavy (non-hydrogen) atoms. The van der Waals surface area contributed by atoms with Crippen molar-refractivity contribution >= 4 is 48.4 Å². The number of rotatable bonds is 4.